The smallest absolute Gasteiger partial charge is 0.164 e. The topological polar surface area (TPSA) is 56.5 Å². The lowest BCUT2D eigenvalue weighted by Gasteiger charge is -2.17. The van der Waals surface area contributed by atoms with Gasteiger partial charge in [-0.25, -0.2) is 19.9 Å². The average molecular weight is 780 g/mol. The summed E-state index contributed by atoms with van der Waals surface area (Å²) in [5.74, 6) is 1.84. The molecule has 0 fully saturated rings. The number of para-hydroxylation sites is 2. The summed E-state index contributed by atoms with van der Waals surface area (Å²) < 4.78 is 2.37. The summed E-state index contributed by atoms with van der Waals surface area (Å²) >= 11 is 0. The Morgan fingerprint density at radius 2 is 0.754 bits per heavy atom. The zero-order chi connectivity index (χ0) is 40.5. The van der Waals surface area contributed by atoms with E-state index in [-0.39, 0.29) is 0 Å². The van der Waals surface area contributed by atoms with Crippen molar-refractivity contribution in [3.05, 3.63) is 224 Å². The maximum absolute atomic E-state index is 5.26. The highest BCUT2D eigenvalue weighted by Crippen LogP contribution is 2.44. The van der Waals surface area contributed by atoms with Gasteiger partial charge in [0.1, 0.15) is 0 Å². The molecule has 0 aliphatic rings. The normalized spacial score (nSPS) is 11.3. The molecule has 0 spiro atoms. The van der Waals surface area contributed by atoms with E-state index in [9.17, 15) is 0 Å². The summed E-state index contributed by atoms with van der Waals surface area (Å²) in [6.07, 6.45) is 0. The Bertz CT molecular complexity index is 3210. The third kappa shape index (κ3) is 6.74. The standard InChI is InChI=1S/C56H37N5/c1-6-19-38(20-7-1)49-36-43(37-50(57-49)39-21-8-2-9-22-39)48-35-42(56-59-54(40-23-10-3-11-24-40)58-55(60-56)41-25-12-4-13-26-41)33-34-45(48)46-30-18-32-52-53(46)47-29-16-17-31-51(47)61(52)44-27-14-5-15-28-44/h1-37H. The van der Waals surface area contributed by atoms with E-state index in [1.165, 1.54) is 10.8 Å². The lowest BCUT2D eigenvalue weighted by Crippen LogP contribution is -2.00. The summed E-state index contributed by atoms with van der Waals surface area (Å²) in [5.41, 5.74) is 14.3. The fourth-order valence-corrected chi connectivity index (χ4v) is 8.39. The minimum atomic E-state index is 0.597. The van der Waals surface area contributed by atoms with Crippen molar-refractivity contribution in [1.82, 2.24) is 24.5 Å². The van der Waals surface area contributed by atoms with Crippen molar-refractivity contribution in [2.24, 2.45) is 0 Å². The highest BCUT2D eigenvalue weighted by atomic mass is 15.0. The SMILES string of the molecule is c1ccc(-c2cc(-c3cc(-c4nc(-c5ccccc5)nc(-c5ccccc5)n4)ccc3-c3cccc4c3c3ccccc3n4-c3ccccc3)cc(-c3ccccc3)n2)cc1. The van der Waals surface area contributed by atoms with Crippen LogP contribution in [0.2, 0.25) is 0 Å². The Labute approximate surface area is 354 Å². The fourth-order valence-electron chi connectivity index (χ4n) is 8.39. The first kappa shape index (κ1) is 35.8. The first-order valence-electron chi connectivity index (χ1n) is 20.5. The van der Waals surface area contributed by atoms with Crippen LogP contribution in [0.3, 0.4) is 0 Å². The fraction of sp³-hybridized carbons (Fsp3) is 0. The molecule has 11 aromatic rings. The number of hydrogen-bond donors (Lipinski definition) is 0. The predicted molar refractivity (Wildman–Crippen MR) is 250 cm³/mol. The summed E-state index contributed by atoms with van der Waals surface area (Å²) in [5, 5.41) is 2.38. The third-order valence-corrected chi connectivity index (χ3v) is 11.3. The number of benzene rings is 8. The van der Waals surface area contributed by atoms with Gasteiger partial charge in [-0.3, -0.25) is 0 Å². The molecular weight excluding hydrogens is 743 g/mol. The Hall–Kier alpha value is -8.28. The number of hydrogen-bond acceptors (Lipinski definition) is 4. The van der Waals surface area contributed by atoms with E-state index >= 15 is 0 Å². The van der Waals surface area contributed by atoms with Crippen LogP contribution in [0.25, 0.3) is 106 Å². The van der Waals surface area contributed by atoms with Gasteiger partial charge in [0.2, 0.25) is 0 Å². The van der Waals surface area contributed by atoms with Crippen LogP contribution in [0, 0.1) is 0 Å². The predicted octanol–water partition coefficient (Wildman–Crippen LogP) is 14.0. The Kier molecular flexibility index (Phi) is 9.10. The summed E-state index contributed by atoms with van der Waals surface area (Å²) in [7, 11) is 0. The molecule has 5 heteroatoms. The molecule has 0 aliphatic heterocycles. The molecule has 61 heavy (non-hydrogen) atoms. The maximum Gasteiger partial charge on any atom is 0.164 e. The number of rotatable bonds is 8. The van der Waals surface area contributed by atoms with Crippen molar-refractivity contribution in [2.45, 2.75) is 0 Å². The van der Waals surface area contributed by atoms with Gasteiger partial charge in [-0.05, 0) is 64.7 Å². The van der Waals surface area contributed by atoms with Crippen LogP contribution in [0.4, 0.5) is 0 Å². The van der Waals surface area contributed by atoms with Gasteiger partial charge in [0, 0.05) is 44.3 Å². The van der Waals surface area contributed by atoms with Crippen LogP contribution in [0.1, 0.15) is 0 Å². The molecule has 0 aliphatic carbocycles. The Morgan fingerprint density at radius 3 is 1.33 bits per heavy atom. The average Bonchev–Trinajstić information content (AvgIpc) is 3.69. The maximum atomic E-state index is 5.26. The molecule has 286 valence electrons. The molecule has 0 bridgehead atoms. The van der Waals surface area contributed by atoms with Crippen LogP contribution in [-0.4, -0.2) is 24.5 Å². The van der Waals surface area contributed by atoms with Gasteiger partial charge in [0.05, 0.1) is 22.4 Å². The van der Waals surface area contributed by atoms with Crippen LogP contribution in [-0.2, 0) is 0 Å². The van der Waals surface area contributed by atoms with Crippen LogP contribution in [0.5, 0.6) is 0 Å². The van der Waals surface area contributed by atoms with Gasteiger partial charge in [0.25, 0.3) is 0 Å². The van der Waals surface area contributed by atoms with Gasteiger partial charge in [-0.15, -0.1) is 0 Å². The summed E-state index contributed by atoms with van der Waals surface area (Å²) in [6.45, 7) is 0. The zero-order valence-electron chi connectivity index (χ0n) is 33.1. The van der Waals surface area contributed by atoms with Crippen molar-refractivity contribution in [3.8, 4) is 84.6 Å². The van der Waals surface area contributed by atoms with Crippen LogP contribution < -0.4 is 0 Å². The Morgan fingerprint density at radius 1 is 0.279 bits per heavy atom. The highest BCUT2D eigenvalue weighted by molar-refractivity contribution is 6.17. The summed E-state index contributed by atoms with van der Waals surface area (Å²) in [4.78, 5) is 20.6. The number of fused-ring (bicyclic) bond motifs is 3. The second-order valence-electron chi connectivity index (χ2n) is 15.0. The highest BCUT2D eigenvalue weighted by Gasteiger charge is 2.21. The van der Waals surface area contributed by atoms with E-state index < -0.39 is 0 Å². The van der Waals surface area contributed by atoms with Crippen LogP contribution >= 0.6 is 0 Å². The largest absolute Gasteiger partial charge is 0.309 e. The Balaban J connectivity index is 1.20. The monoisotopic (exact) mass is 779 g/mol. The van der Waals surface area contributed by atoms with Crippen molar-refractivity contribution >= 4 is 21.8 Å². The third-order valence-electron chi connectivity index (χ3n) is 11.3. The molecular formula is C56H37N5. The lowest BCUT2D eigenvalue weighted by molar-refractivity contribution is 1.07. The molecule has 3 aromatic heterocycles. The first-order valence-corrected chi connectivity index (χ1v) is 20.5. The number of aromatic nitrogens is 5. The van der Waals surface area contributed by atoms with E-state index in [1.54, 1.807) is 0 Å². The number of pyridine rings is 1. The van der Waals surface area contributed by atoms with Gasteiger partial charge in [0.15, 0.2) is 17.5 Å². The molecule has 0 atom stereocenters. The minimum absolute atomic E-state index is 0.597. The second-order valence-corrected chi connectivity index (χ2v) is 15.0. The first-order chi connectivity index (χ1) is 30.2. The quantitative estimate of drug-likeness (QED) is 0.154. The summed E-state index contributed by atoms with van der Waals surface area (Å²) in [6, 6.07) is 78.2. The molecule has 0 radical (unpaired) electrons. The van der Waals surface area contributed by atoms with Crippen molar-refractivity contribution in [2.75, 3.05) is 0 Å². The molecule has 0 saturated heterocycles. The molecule has 0 amide bonds. The molecule has 11 rings (SSSR count). The zero-order valence-corrected chi connectivity index (χ0v) is 33.1. The van der Waals surface area contributed by atoms with Gasteiger partial charge in [-0.1, -0.05) is 182 Å². The molecule has 5 nitrogen and oxygen atoms in total. The van der Waals surface area contributed by atoms with E-state index in [2.05, 4.69) is 156 Å². The van der Waals surface area contributed by atoms with E-state index in [0.717, 1.165) is 78.2 Å². The molecule has 0 N–H and O–H groups in total. The van der Waals surface area contributed by atoms with E-state index in [1.807, 2.05) is 72.8 Å². The molecule has 0 saturated carbocycles. The minimum Gasteiger partial charge on any atom is -0.309 e. The van der Waals surface area contributed by atoms with Crippen molar-refractivity contribution in [3.63, 3.8) is 0 Å². The van der Waals surface area contributed by atoms with Gasteiger partial charge < -0.3 is 4.57 Å². The van der Waals surface area contributed by atoms with E-state index in [0.29, 0.717) is 17.5 Å². The lowest BCUT2D eigenvalue weighted by atomic mass is 9.89. The number of nitrogens with zero attached hydrogens (tertiary/aromatic N) is 5. The van der Waals surface area contributed by atoms with E-state index in [4.69, 9.17) is 19.9 Å². The van der Waals surface area contributed by atoms with Crippen molar-refractivity contribution < 1.29 is 0 Å². The van der Waals surface area contributed by atoms with Crippen LogP contribution in [0.15, 0.2) is 224 Å². The van der Waals surface area contributed by atoms with Gasteiger partial charge in [-0.2, -0.15) is 0 Å². The second kappa shape index (κ2) is 15.5. The molecule has 3 heterocycles. The molecule has 0 unspecified atom stereocenters. The van der Waals surface area contributed by atoms with Gasteiger partial charge >= 0.3 is 0 Å². The van der Waals surface area contributed by atoms with Crippen molar-refractivity contribution in [1.29, 1.82) is 0 Å². The molecule has 8 aromatic carbocycles.